The maximum absolute atomic E-state index is 13.0. The fourth-order valence-corrected chi connectivity index (χ4v) is 5.43. The van der Waals surface area contributed by atoms with E-state index in [9.17, 15) is 13.2 Å². The lowest BCUT2D eigenvalue weighted by Gasteiger charge is -2.37. The molecule has 0 radical (unpaired) electrons. The quantitative estimate of drug-likeness (QED) is 0.743. The predicted molar refractivity (Wildman–Crippen MR) is 115 cm³/mol. The third-order valence-electron chi connectivity index (χ3n) is 5.71. The van der Waals surface area contributed by atoms with Crippen LogP contribution in [0.1, 0.15) is 15.9 Å². The van der Waals surface area contributed by atoms with Crippen molar-refractivity contribution in [3.05, 3.63) is 59.7 Å². The van der Waals surface area contributed by atoms with E-state index in [1.54, 1.807) is 23.1 Å². The van der Waals surface area contributed by atoms with Gasteiger partial charge >= 0.3 is 0 Å². The molecule has 0 atom stereocenters. The summed E-state index contributed by atoms with van der Waals surface area (Å²) < 4.78 is 32.5. The Morgan fingerprint density at radius 3 is 2.30 bits per heavy atom. The molecule has 2 aromatic rings. The summed E-state index contributed by atoms with van der Waals surface area (Å²) in [6.07, 6.45) is 0. The van der Waals surface area contributed by atoms with Gasteiger partial charge in [0.1, 0.15) is 0 Å². The Hall–Kier alpha value is -2.42. The first-order valence-electron chi connectivity index (χ1n) is 10.2. The summed E-state index contributed by atoms with van der Waals surface area (Å²) in [7, 11) is -3.62. The van der Waals surface area contributed by atoms with E-state index >= 15 is 0 Å². The molecule has 0 unspecified atom stereocenters. The Bertz CT molecular complexity index is 1010. The van der Waals surface area contributed by atoms with Gasteiger partial charge in [0.05, 0.1) is 18.1 Å². The molecule has 7 nitrogen and oxygen atoms in total. The average molecular weight is 430 g/mol. The molecule has 160 valence electrons. The Labute approximate surface area is 177 Å². The fourth-order valence-electron chi connectivity index (χ4n) is 3.98. The van der Waals surface area contributed by atoms with Gasteiger partial charge < -0.3 is 14.5 Å². The number of morpholine rings is 1. The predicted octanol–water partition coefficient (Wildman–Crippen LogP) is 1.98. The average Bonchev–Trinajstić information content (AvgIpc) is 2.80. The topological polar surface area (TPSA) is 70.2 Å². The number of anilines is 1. The highest BCUT2D eigenvalue weighted by Gasteiger charge is 2.28. The third-order valence-corrected chi connectivity index (χ3v) is 7.61. The number of aryl methyl sites for hydroxylation is 1. The third kappa shape index (κ3) is 4.21. The van der Waals surface area contributed by atoms with Crippen LogP contribution >= 0.6 is 0 Å². The minimum atomic E-state index is -3.62. The first kappa shape index (κ1) is 20.8. The van der Waals surface area contributed by atoms with E-state index < -0.39 is 10.0 Å². The molecule has 2 aromatic carbocycles. The van der Waals surface area contributed by atoms with Gasteiger partial charge in [-0.2, -0.15) is 4.31 Å². The number of sulfonamides is 1. The second kappa shape index (κ2) is 8.75. The van der Waals surface area contributed by atoms with Crippen LogP contribution in [-0.4, -0.2) is 76.0 Å². The summed E-state index contributed by atoms with van der Waals surface area (Å²) in [6, 6.07) is 14.6. The number of para-hydroxylation sites is 1. The number of nitrogens with zero attached hydrogens (tertiary/aromatic N) is 3. The molecule has 4 rings (SSSR count). The normalized spacial score (nSPS) is 18.4. The van der Waals surface area contributed by atoms with Crippen LogP contribution < -0.4 is 4.90 Å². The molecule has 0 bridgehead atoms. The van der Waals surface area contributed by atoms with Gasteiger partial charge in [-0.05, 0) is 36.8 Å². The SMILES string of the molecule is Cc1ccccc1N1CCN(C(=O)c2cccc(S(=O)(=O)N3CCOCC3)c2)CC1. The molecule has 2 aliphatic rings. The highest BCUT2D eigenvalue weighted by Crippen LogP contribution is 2.23. The Morgan fingerprint density at radius 2 is 1.60 bits per heavy atom. The summed E-state index contributed by atoms with van der Waals surface area (Å²) in [5.41, 5.74) is 2.83. The Balaban J connectivity index is 1.46. The molecule has 2 fully saturated rings. The molecule has 2 aliphatic heterocycles. The number of rotatable bonds is 4. The van der Waals surface area contributed by atoms with Crippen LogP contribution in [-0.2, 0) is 14.8 Å². The number of piperazine rings is 1. The minimum Gasteiger partial charge on any atom is -0.379 e. The van der Waals surface area contributed by atoms with Crippen molar-refractivity contribution in [1.82, 2.24) is 9.21 Å². The fraction of sp³-hybridized carbons (Fsp3) is 0.409. The number of amides is 1. The molecular weight excluding hydrogens is 402 g/mol. The number of carbonyl (C=O) groups is 1. The van der Waals surface area contributed by atoms with E-state index in [1.165, 1.54) is 21.6 Å². The zero-order chi connectivity index (χ0) is 21.1. The second-order valence-electron chi connectivity index (χ2n) is 7.61. The van der Waals surface area contributed by atoms with Gasteiger partial charge in [0.2, 0.25) is 10.0 Å². The molecule has 2 saturated heterocycles. The van der Waals surface area contributed by atoms with Crippen molar-refractivity contribution in [3.63, 3.8) is 0 Å². The van der Waals surface area contributed by atoms with E-state index in [0.717, 1.165) is 13.1 Å². The highest BCUT2D eigenvalue weighted by atomic mass is 32.2. The highest BCUT2D eigenvalue weighted by molar-refractivity contribution is 7.89. The van der Waals surface area contributed by atoms with Crippen molar-refractivity contribution in [2.75, 3.05) is 57.4 Å². The monoisotopic (exact) mass is 429 g/mol. The zero-order valence-corrected chi connectivity index (χ0v) is 18.0. The Kier molecular flexibility index (Phi) is 6.08. The van der Waals surface area contributed by atoms with Crippen LogP contribution in [0.25, 0.3) is 0 Å². The minimum absolute atomic E-state index is 0.126. The van der Waals surface area contributed by atoms with Crippen LogP contribution in [0.4, 0.5) is 5.69 Å². The lowest BCUT2D eigenvalue weighted by atomic mass is 10.1. The van der Waals surface area contributed by atoms with Crippen molar-refractivity contribution in [2.45, 2.75) is 11.8 Å². The van der Waals surface area contributed by atoms with Crippen LogP contribution in [0.2, 0.25) is 0 Å². The van der Waals surface area contributed by atoms with E-state index in [2.05, 4.69) is 24.0 Å². The van der Waals surface area contributed by atoms with Crippen molar-refractivity contribution >= 4 is 21.6 Å². The number of hydrogen-bond acceptors (Lipinski definition) is 5. The van der Waals surface area contributed by atoms with Crippen LogP contribution in [0.3, 0.4) is 0 Å². The molecule has 0 aliphatic carbocycles. The van der Waals surface area contributed by atoms with E-state index in [-0.39, 0.29) is 10.8 Å². The largest absolute Gasteiger partial charge is 0.379 e. The maximum Gasteiger partial charge on any atom is 0.254 e. The lowest BCUT2D eigenvalue weighted by Crippen LogP contribution is -2.49. The van der Waals surface area contributed by atoms with Crippen molar-refractivity contribution in [2.24, 2.45) is 0 Å². The molecule has 0 N–H and O–H groups in total. The zero-order valence-electron chi connectivity index (χ0n) is 17.2. The van der Waals surface area contributed by atoms with E-state index in [1.807, 2.05) is 12.1 Å². The summed E-state index contributed by atoms with van der Waals surface area (Å²) >= 11 is 0. The van der Waals surface area contributed by atoms with Gasteiger partial charge in [-0.15, -0.1) is 0 Å². The summed E-state index contributed by atoms with van der Waals surface area (Å²) in [5.74, 6) is -0.126. The van der Waals surface area contributed by atoms with Gasteiger partial charge in [0.15, 0.2) is 0 Å². The van der Waals surface area contributed by atoms with Crippen molar-refractivity contribution in [1.29, 1.82) is 0 Å². The number of ether oxygens (including phenoxy) is 1. The number of benzene rings is 2. The lowest BCUT2D eigenvalue weighted by molar-refractivity contribution is 0.0729. The summed E-state index contributed by atoms with van der Waals surface area (Å²) in [4.78, 5) is 17.3. The van der Waals surface area contributed by atoms with E-state index in [4.69, 9.17) is 4.74 Å². The van der Waals surface area contributed by atoms with Crippen LogP contribution in [0.5, 0.6) is 0 Å². The first-order valence-corrected chi connectivity index (χ1v) is 11.7. The van der Waals surface area contributed by atoms with Gasteiger partial charge in [-0.3, -0.25) is 4.79 Å². The summed E-state index contributed by atoms with van der Waals surface area (Å²) in [6.45, 7) is 6.26. The molecule has 2 heterocycles. The second-order valence-corrected chi connectivity index (χ2v) is 9.55. The van der Waals surface area contributed by atoms with Crippen LogP contribution in [0, 0.1) is 6.92 Å². The molecular formula is C22H27N3O4S. The van der Waals surface area contributed by atoms with Gasteiger partial charge in [-0.25, -0.2) is 8.42 Å². The molecule has 0 saturated carbocycles. The maximum atomic E-state index is 13.0. The summed E-state index contributed by atoms with van der Waals surface area (Å²) in [5, 5.41) is 0. The van der Waals surface area contributed by atoms with Crippen molar-refractivity contribution in [3.8, 4) is 0 Å². The number of hydrogen-bond donors (Lipinski definition) is 0. The molecule has 8 heteroatoms. The molecule has 0 spiro atoms. The van der Waals surface area contributed by atoms with Gasteiger partial charge in [0.25, 0.3) is 5.91 Å². The van der Waals surface area contributed by atoms with Crippen LogP contribution in [0.15, 0.2) is 53.4 Å². The van der Waals surface area contributed by atoms with Gasteiger partial charge in [0, 0.05) is 50.5 Å². The van der Waals surface area contributed by atoms with Gasteiger partial charge in [-0.1, -0.05) is 24.3 Å². The smallest absolute Gasteiger partial charge is 0.254 e. The number of carbonyl (C=O) groups excluding carboxylic acids is 1. The Morgan fingerprint density at radius 1 is 0.900 bits per heavy atom. The first-order chi connectivity index (χ1) is 14.5. The molecule has 1 amide bonds. The standard InChI is InChI=1S/C22H27N3O4S/c1-18-5-2-3-8-21(18)23-9-11-24(12-10-23)22(26)19-6-4-7-20(17-19)30(27,28)25-13-15-29-16-14-25/h2-8,17H,9-16H2,1H3. The van der Waals surface area contributed by atoms with E-state index in [0.29, 0.717) is 45.0 Å². The van der Waals surface area contributed by atoms with Crippen molar-refractivity contribution < 1.29 is 17.9 Å². The molecule has 0 aromatic heterocycles. The molecule has 30 heavy (non-hydrogen) atoms.